The Hall–Kier alpha value is -2.03. The second-order valence-electron chi connectivity index (χ2n) is 13.1. The van der Waals surface area contributed by atoms with Crippen molar-refractivity contribution in [2.75, 3.05) is 6.61 Å². The number of hydrogen-bond donors (Lipinski definition) is 1. The fourth-order valence-corrected chi connectivity index (χ4v) is 7.91. The van der Waals surface area contributed by atoms with Crippen LogP contribution < -0.4 is 4.74 Å². The van der Waals surface area contributed by atoms with Gasteiger partial charge in [0.25, 0.3) is 0 Å². The van der Waals surface area contributed by atoms with Crippen molar-refractivity contribution < 1.29 is 28.6 Å². The minimum Gasteiger partial charge on any atom is -0.450 e. The van der Waals surface area contributed by atoms with E-state index in [2.05, 4.69) is 37.0 Å². The van der Waals surface area contributed by atoms with Crippen LogP contribution in [0.5, 0.6) is 6.01 Å². The van der Waals surface area contributed by atoms with Crippen molar-refractivity contribution in [2.24, 2.45) is 34.5 Å². The van der Waals surface area contributed by atoms with Gasteiger partial charge in [-0.05, 0) is 66.7 Å². The number of aromatic nitrogens is 2. The van der Waals surface area contributed by atoms with Gasteiger partial charge in [-0.2, -0.15) is 4.98 Å². The molecule has 4 aliphatic carbocycles. The summed E-state index contributed by atoms with van der Waals surface area (Å²) in [5.41, 5.74) is -1.21. The van der Waals surface area contributed by atoms with E-state index in [9.17, 15) is 9.90 Å². The van der Waals surface area contributed by atoms with Crippen LogP contribution in [0.1, 0.15) is 73.6 Å². The molecule has 0 aromatic carbocycles. The highest BCUT2D eigenvalue weighted by molar-refractivity contribution is 5.95. The predicted molar refractivity (Wildman–Crippen MR) is 130 cm³/mol. The first-order chi connectivity index (χ1) is 16.7. The number of ketones is 1. The molecule has 2 bridgehead atoms. The summed E-state index contributed by atoms with van der Waals surface area (Å²) in [7, 11) is 0. The van der Waals surface area contributed by atoms with Gasteiger partial charge >= 0.3 is 6.01 Å². The van der Waals surface area contributed by atoms with E-state index in [4.69, 9.17) is 18.7 Å². The first-order valence-electron chi connectivity index (χ1n) is 13.2. The molecule has 1 aromatic rings. The standard InChI is InChI=1S/C28H38N2O6/c1-13(2)23-29-24(30-36-23)34-21-14(3)11-27-15(4)9-18-19(25(18,5)6)17(20(27)31)10-16-12-33-26(7,8)35-22(16)28(21,27)32/h10-11,13,15,17-19,21-22,32H,9,12H2,1-8H3/t15-,17+,18-,19+,21+,22-,27+,28-/m1/s1. The number of aliphatic hydroxyl groups is 1. The van der Waals surface area contributed by atoms with Gasteiger partial charge in [-0.3, -0.25) is 4.79 Å². The minimum absolute atomic E-state index is 0.0378. The summed E-state index contributed by atoms with van der Waals surface area (Å²) in [5.74, 6) is -0.156. The first kappa shape index (κ1) is 24.3. The van der Waals surface area contributed by atoms with Crippen molar-refractivity contribution in [2.45, 2.75) is 91.3 Å². The highest BCUT2D eigenvalue weighted by atomic mass is 16.7. The van der Waals surface area contributed by atoms with E-state index in [1.54, 1.807) is 0 Å². The third-order valence-corrected chi connectivity index (χ3v) is 9.81. The van der Waals surface area contributed by atoms with Crippen LogP contribution in [-0.2, 0) is 14.3 Å². The normalized spacial score (nSPS) is 44.0. The van der Waals surface area contributed by atoms with Crippen LogP contribution in [0.2, 0.25) is 0 Å². The van der Waals surface area contributed by atoms with Gasteiger partial charge in [-0.15, -0.1) is 0 Å². The number of carbonyl (C=O) groups excluding carboxylic acids is 1. The first-order valence-corrected chi connectivity index (χ1v) is 13.2. The molecule has 5 aliphatic rings. The van der Waals surface area contributed by atoms with Gasteiger partial charge in [0.1, 0.15) is 6.10 Å². The molecule has 196 valence electrons. The lowest BCUT2D eigenvalue weighted by molar-refractivity contribution is -0.301. The van der Waals surface area contributed by atoms with Crippen molar-refractivity contribution in [3.05, 3.63) is 29.2 Å². The van der Waals surface area contributed by atoms with E-state index in [0.717, 1.165) is 17.6 Å². The molecule has 36 heavy (non-hydrogen) atoms. The van der Waals surface area contributed by atoms with E-state index in [1.165, 1.54) is 0 Å². The molecule has 1 aromatic heterocycles. The summed E-state index contributed by atoms with van der Waals surface area (Å²) in [6.07, 6.45) is 3.21. The van der Waals surface area contributed by atoms with Crippen LogP contribution in [0.4, 0.5) is 0 Å². The molecule has 6 rings (SSSR count). The largest absolute Gasteiger partial charge is 0.450 e. The molecule has 2 heterocycles. The number of ether oxygens (including phenoxy) is 3. The third kappa shape index (κ3) is 2.95. The number of allylic oxidation sites excluding steroid dienone is 1. The zero-order valence-electron chi connectivity index (χ0n) is 22.5. The summed E-state index contributed by atoms with van der Waals surface area (Å²) in [6.45, 7) is 16.4. The van der Waals surface area contributed by atoms with Crippen LogP contribution in [0, 0.1) is 34.5 Å². The van der Waals surface area contributed by atoms with Crippen molar-refractivity contribution in [3.63, 3.8) is 0 Å². The maximum Gasteiger partial charge on any atom is 0.354 e. The maximum atomic E-state index is 14.7. The number of nitrogens with zero attached hydrogens (tertiary/aromatic N) is 2. The summed E-state index contributed by atoms with van der Waals surface area (Å²) in [5, 5.41) is 17.0. The Morgan fingerprint density at radius 3 is 2.61 bits per heavy atom. The number of carbonyl (C=O) groups is 1. The highest BCUT2D eigenvalue weighted by Gasteiger charge is 2.77. The topological polar surface area (TPSA) is 104 Å². The van der Waals surface area contributed by atoms with Crippen molar-refractivity contribution in [1.29, 1.82) is 0 Å². The van der Waals surface area contributed by atoms with Gasteiger partial charge in [-0.1, -0.05) is 46.8 Å². The molecular weight excluding hydrogens is 460 g/mol. The fourth-order valence-electron chi connectivity index (χ4n) is 7.91. The SMILES string of the molecule is CC1=C[C@]23C(=O)[C@@H](C=C4COC(C)(C)O[C@H]4[C@]2(O)[C@H]1Oc1noc(C(C)C)n1)[C@H]1[C@@H](C[C@H]3C)C1(C)C. The van der Waals surface area contributed by atoms with Crippen LogP contribution in [-0.4, -0.2) is 51.2 Å². The average molecular weight is 499 g/mol. The van der Waals surface area contributed by atoms with Crippen LogP contribution in [0.15, 0.2) is 27.8 Å². The van der Waals surface area contributed by atoms with Crippen molar-refractivity contribution in [1.82, 2.24) is 10.1 Å². The van der Waals surface area contributed by atoms with Crippen molar-refractivity contribution in [3.8, 4) is 6.01 Å². The lowest BCUT2D eigenvalue weighted by Crippen LogP contribution is -2.68. The molecule has 1 N–H and O–H groups in total. The van der Waals surface area contributed by atoms with Gasteiger partial charge in [0.15, 0.2) is 23.3 Å². The maximum absolute atomic E-state index is 14.7. The van der Waals surface area contributed by atoms with E-state index in [0.29, 0.717) is 11.8 Å². The highest BCUT2D eigenvalue weighted by Crippen LogP contribution is 2.72. The zero-order valence-corrected chi connectivity index (χ0v) is 22.5. The molecule has 0 unspecified atom stereocenters. The Balaban J connectivity index is 1.53. The predicted octanol–water partition coefficient (Wildman–Crippen LogP) is 4.21. The molecule has 1 spiro atoms. The summed E-state index contributed by atoms with van der Waals surface area (Å²) >= 11 is 0. The van der Waals surface area contributed by atoms with Gasteiger partial charge in [0.05, 0.1) is 12.0 Å². The molecule has 8 heteroatoms. The molecule has 0 radical (unpaired) electrons. The quantitative estimate of drug-likeness (QED) is 0.618. The molecule has 0 amide bonds. The Morgan fingerprint density at radius 2 is 1.94 bits per heavy atom. The van der Waals surface area contributed by atoms with E-state index in [-0.39, 0.29) is 47.5 Å². The molecule has 8 nitrogen and oxygen atoms in total. The number of rotatable bonds is 3. The van der Waals surface area contributed by atoms with Gasteiger partial charge < -0.3 is 23.8 Å². The molecular formula is C28H38N2O6. The Kier molecular flexibility index (Phi) is 4.93. The monoisotopic (exact) mass is 498 g/mol. The number of hydrogen-bond acceptors (Lipinski definition) is 8. The van der Waals surface area contributed by atoms with E-state index < -0.39 is 29.0 Å². The summed E-state index contributed by atoms with van der Waals surface area (Å²) in [4.78, 5) is 19.1. The van der Waals surface area contributed by atoms with E-state index >= 15 is 0 Å². The minimum atomic E-state index is -1.70. The van der Waals surface area contributed by atoms with E-state index in [1.807, 2.05) is 40.7 Å². The molecule has 2 saturated carbocycles. The fraction of sp³-hybridized carbons (Fsp3) is 0.750. The van der Waals surface area contributed by atoms with Crippen LogP contribution >= 0.6 is 0 Å². The van der Waals surface area contributed by atoms with Crippen LogP contribution in [0.3, 0.4) is 0 Å². The Bertz CT molecular complexity index is 1180. The summed E-state index contributed by atoms with van der Waals surface area (Å²) < 4.78 is 24.2. The van der Waals surface area contributed by atoms with Gasteiger partial charge in [0, 0.05) is 11.8 Å². The smallest absolute Gasteiger partial charge is 0.354 e. The number of Topliss-reactive ketones (excluding diaryl/α,β-unsaturated/α-hetero) is 1. The number of fused-ring (bicyclic) bond motifs is 5. The van der Waals surface area contributed by atoms with Crippen LogP contribution in [0.25, 0.3) is 0 Å². The lowest BCUT2D eigenvalue weighted by Gasteiger charge is -2.52. The van der Waals surface area contributed by atoms with Crippen molar-refractivity contribution >= 4 is 5.78 Å². The Labute approximate surface area is 212 Å². The third-order valence-electron chi connectivity index (χ3n) is 9.81. The van der Waals surface area contributed by atoms with Gasteiger partial charge in [0.2, 0.25) is 5.89 Å². The Morgan fingerprint density at radius 1 is 1.22 bits per heavy atom. The average Bonchev–Trinajstić information content (AvgIpc) is 3.10. The molecule has 1 aliphatic heterocycles. The zero-order chi connectivity index (χ0) is 26.0. The molecule has 8 atom stereocenters. The second-order valence-corrected chi connectivity index (χ2v) is 13.1. The summed E-state index contributed by atoms with van der Waals surface area (Å²) in [6, 6.07) is 0.0530. The molecule has 3 fully saturated rings. The molecule has 1 saturated heterocycles. The van der Waals surface area contributed by atoms with Gasteiger partial charge in [-0.25, -0.2) is 0 Å². The lowest BCUT2D eigenvalue weighted by atomic mass is 9.59. The second kappa shape index (κ2) is 7.29.